The van der Waals surface area contributed by atoms with Gasteiger partial charge in [-0.2, -0.15) is 13.9 Å². The SMILES string of the molecule is CC(c1ccccc1OC(F)F)n1ncc(Br)c1N. The summed E-state index contributed by atoms with van der Waals surface area (Å²) in [6, 6.07) is 6.26. The minimum atomic E-state index is -2.87. The van der Waals surface area contributed by atoms with Crippen molar-refractivity contribution in [2.45, 2.75) is 19.6 Å². The first-order chi connectivity index (χ1) is 9.00. The van der Waals surface area contributed by atoms with E-state index >= 15 is 0 Å². The molecule has 1 heterocycles. The summed E-state index contributed by atoms with van der Waals surface area (Å²) in [6.45, 7) is -1.06. The summed E-state index contributed by atoms with van der Waals surface area (Å²) in [7, 11) is 0. The van der Waals surface area contributed by atoms with Crippen molar-refractivity contribution in [3.63, 3.8) is 0 Å². The Kier molecular flexibility index (Phi) is 4.04. The number of rotatable bonds is 4. The van der Waals surface area contributed by atoms with Gasteiger partial charge in [0, 0.05) is 5.56 Å². The number of aromatic nitrogens is 2. The molecule has 2 rings (SSSR count). The lowest BCUT2D eigenvalue weighted by atomic mass is 10.1. The molecule has 0 amide bonds. The fourth-order valence-electron chi connectivity index (χ4n) is 1.82. The van der Waals surface area contributed by atoms with E-state index in [1.165, 1.54) is 10.7 Å². The zero-order chi connectivity index (χ0) is 14.0. The molecule has 1 unspecified atom stereocenters. The van der Waals surface area contributed by atoms with Crippen LogP contribution in [-0.4, -0.2) is 16.4 Å². The molecule has 1 atom stereocenters. The molecule has 102 valence electrons. The molecule has 0 aliphatic rings. The van der Waals surface area contributed by atoms with Gasteiger partial charge in [0.05, 0.1) is 16.7 Å². The van der Waals surface area contributed by atoms with Crippen molar-refractivity contribution in [2.75, 3.05) is 5.73 Å². The second kappa shape index (κ2) is 5.56. The number of nitrogen functional groups attached to an aromatic ring is 1. The third-order valence-corrected chi connectivity index (χ3v) is 3.35. The first kappa shape index (κ1) is 13.8. The van der Waals surface area contributed by atoms with Gasteiger partial charge in [0.15, 0.2) is 0 Å². The Morgan fingerprint density at radius 1 is 1.37 bits per heavy atom. The number of hydrogen-bond donors (Lipinski definition) is 1. The van der Waals surface area contributed by atoms with E-state index in [0.717, 1.165) is 0 Å². The summed E-state index contributed by atoms with van der Waals surface area (Å²) in [5.74, 6) is 0.551. The monoisotopic (exact) mass is 331 g/mol. The smallest absolute Gasteiger partial charge is 0.387 e. The maximum atomic E-state index is 12.4. The Bertz CT molecular complexity index is 574. The number of nitrogens with two attached hydrogens (primary N) is 1. The molecule has 0 spiro atoms. The standard InChI is InChI=1S/C12H12BrF2N3O/c1-7(18-11(16)9(13)6-17-18)8-4-2-3-5-10(8)19-12(14)15/h2-7,12H,16H2,1H3. The van der Waals surface area contributed by atoms with Gasteiger partial charge in [0.25, 0.3) is 0 Å². The van der Waals surface area contributed by atoms with E-state index in [4.69, 9.17) is 5.73 Å². The number of halogens is 3. The third-order valence-electron chi connectivity index (χ3n) is 2.74. The van der Waals surface area contributed by atoms with E-state index in [0.29, 0.717) is 15.9 Å². The fraction of sp³-hybridized carbons (Fsp3) is 0.250. The number of anilines is 1. The van der Waals surface area contributed by atoms with Gasteiger partial charge in [-0.3, -0.25) is 0 Å². The average molecular weight is 332 g/mol. The van der Waals surface area contributed by atoms with Crippen LogP contribution < -0.4 is 10.5 Å². The van der Waals surface area contributed by atoms with E-state index < -0.39 is 6.61 Å². The maximum absolute atomic E-state index is 12.4. The maximum Gasteiger partial charge on any atom is 0.387 e. The van der Waals surface area contributed by atoms with Crippen LogP contribution in [0, 0.1) is 0 Å². The summed E-state index contributed by atoms with van der Waals surface area (Å²) < 4.78 is 31.5. The zero-order valence-electron chi connectivity index (χ0n) is 10.1. The van der Waals surface area contributed by atoms with E-state index in [1.54, 1.807) is 24.4 Å². The summed E-state index contributed by atoms with van der Waals surface area (Å²) >= 11 is 3.26. The van der Waals surface area contributed by atoms with Gasteiger partial charge in [0.2, 0.25) is 0 Å². The van der Waals surface area contributed by atoms with Crippen LogP contribution in [0.15, 0.2) is 34.9 Å². The van der Waals surface area contributed by atoms with E-state index in [9.17, 15) is 8.78 Å². The number of para-hydroxylation sites is 1. The summed E-state index contributed by atoms with van der Waals surface area (Å²) in [5.41, 5.74) is 6.44. The van der Waals surface area contributed by atoms with E-state index in [2.05, 4.69) is 25.8 Å². The lowest BCUT2D eigenvalue weighted by molar-refractivity contribution is -0.0506. The van der Waals surface area contributed by atoms with Crippen molar-refractivity contribution < 1.29 is 13.5 Å². The Balaban J connectivity index is 2.38. The Morgan fingerprint density at radius 3 is 2.63 bits per heavy atom. The van der Waals surface area contributed by atoms with Gasteiger partial charge in [0.1, 0.15) is 11.6 Å². The molecule has 1 aromatic heterocycles. The van der Waals surface area contributed by atoms with Gasteiger partial charge in [-0.25, -0.2) is 4.68 Å². The highest BCUT2D eigenvalue weighted by molar-refractivity contribution is 9.10. The highest BCUT2D eigenvalue weighted by atomic mass is 79.9. The van der Waals surface area contributed by atoms with Gasteiger partial charge in [-0.05, 0) is 28.9 Å². The molecule has 4 nitrogen and oxygen atoms in total. The lowest BCUT2D eigenvalue weighted by Crippen LogP contribution is -2.14. The topological polar surface area (TPSA) is 53.1 Å². The quantitative estimate of drug-likeness (QED) is 0.933. The van der Waals surface area contributed by atoms with Crippen molar-refractivity contribution in [1.82, 2.24) is 9.78 Å². The average Bonchev–Trinajstić information content (AvgIpc) is 2.69. The Hall–Kier alpha value is -1.63. The Labute approximate surface area is 117 Å². The predicted molar refractivity (Wildman–Crippen MR) is 71.2 cm³/mol. The molecule has 1 aromatic carbocycles. The van der Waals surface area contributed by atoms with E-state index in [-0.39, 0.29) is 11.8 Å². The molecule has 2 N–H and O–H groups in total. The van der Waals surface area contributed by atoms with Crippen LogP contribution in [0.5, 0.6) is 5.75 Å². The predicted octanol–water partition coefficient (Wildman–Crippen LogP) is 3.44. The van der Waals surface area contributed by atoms with Crippen molar-refractivity contribution in [3.05, 3.63) is 40.5 Å². The normalized spacial score (nSPS) is 12.7. The highest BCUT2D eigenvalue weighted by Crippen LogP contribution is 2.31. The molecule has 0 saturated heterocycles. The number of benzene rings is 1. The largest absolute Gasteiger partial charge is 0.434 e. The van der Waals surface area contributed by atoms with Crippen molar-refractivity contribution >= 4 is 21.7 Å². The van der Waals surface area contributed by atoms with Crippen LogP contribution in [0.1, 0.15) is 18.5 Å². The molecule has 19 heavy (non-hydrogen) atoms. The zero-order valence-corrected chi connectivity index (χ0v) is 11.6. The van der Waals surface area contributed by atoms with Gasteiger partial charge >= 0.3 is 6.61 Å². The molecular weight excluding hydrogens is 320 g/mol. The molecule has 0 aliphatic heterocycles. The fourth-order valence-corrected chi connectivity index (χ4v) is 2.09. The van der Waals surface area contributed by atoms with Crippen molar-refractivity contribution in [3.8, 4) is 5.75 Å². The van der Waals surface area contributed by atoms with Gasteiger partial charge in [-0.15, -0.1) is 0 Å². The van der Waals surface area contributed by atoms with E-state index in [1.807, 2.05) is 6.92 Å². The molecule has 0 fully saturated rings. The van der Waals surface area contributed by atoms with Crippen LogP contribution in [0.4, 0.5) is 14.6 Å². The first-order valence-corrected chi connectivity index (χ1v) is 6.32. The number of ether oxygens (including phenoxy) is 1. The third kappa shape index (κ3) is 2.86. The van der Waals surface area contributed by atoms with Crippen LogP contribution in [0.2, 0.25) is 0 Å². The van der Waals surface area contributed by atoms with Crippen LogP contribution >= 0.6 is 15.9 Å². The summed E-state index contributed by atoms with van der Waals surface area (Å²) in [4.78, 5) is 0. The molecule has 0 radical (unpaired) electrons. The minimum Gasteiger partial charge on any atom is -0.434 e. The van der Waals surface area contributed by atoms with Crippen LogP contribution in [0.3, 0.4) is 0 Å². The van der Waals surface area contributed by atoms with Crippen LogP contribution in [-0.2, 0) is 0 Å². The molecule has 7 heteroatoms. The van der Waals surface area contributed by atoms with Crippen molar-refractivity contribution in [2.24, 2.45) is 0 Å². The molecule has 0 aliphatic carbocycles. The Morgan fingerprint density at radius 2 is 2.05 bits per heavy atom. The number of alkyl halides is 2. The molecular formula is C12H12BrF2N3O. The molecule has 0 bridgehead atoms. The highest BCUT2D eigenvalue weighted by Gasteiger charge is 2.18. The lowest BCUT2D eigenvalue weighted by Gasteiger charge is -2.18. The second-order valence-corrected chi connectivity index (χ2v) is 4.77. The summed E-state index contributed by atoms with van der Waals surface area (Å²) in [5, 5.41) is 4.11. The second-order valence-electron chi connectivity index (χ2n) is 3.91. The van der Waals surface area contributed by atoms with Gasteiger partial charge < -0.3 is 10.5 Å². The number of hydrogen-bond acceptors (Lipinski definition) is 3. The first-order valence-electron chi connectivity index (χ1n) is 5.53. The van der Waals surface area contributed by atoms with Crippen LogP contribution in [0.25, 0.3) is 0 Å². The van der Waals surface area contributed by atoms with Crippen molar-refractivity contribution in [1.29, 1.82) is 0 Å². The number of nitrogens with zero attached hydrogens (tertiary/aromatic N) is 2. The molecule has 2 aromatic rings. The summed E-state index contributed by atoms with van der Waals surface area (Å²) in [6.07, 6.45) is 1.56. The minimum absolute atomic E-state index is 0.121. The van der Waals surface area contributed by atoms with Gasteiger partial charge in [-0.1, -0.05) is 18.2 Å². The molecule has 0 saturated carbocycles.